The molecule has 0 aliphatic heterocycles. The summed E-state index contributed by atoms with van der Waals surface area (Å²) in [6.45, 7) is 1.44. The molecule has 31 heavy (non-hydrogen) atoms. The maximum Gasteiger partial charge on any atom is 0.379 e. The van der Waals surface area contributed by atoms with Gasteiger partial charge in [-0.05, 0) is 36.4 Å². The molecule has 5 N–H and O–H groups in total. The van der Waals surface area contributed by atoms with Crippen molar-refractivity contribution in [3.63, 3.8) is 0 Å². The van der Waals surface area contributed by atoms with Gasteiger partial charge in [-0.2, -0.15) is 0 Å². The van der Waals surface area contributed by atoms with Crippen molar-refractivity contribution in [1.82, 2.24) is 0 Å². The molecule has 0 aliphatic carbocycles. The van der Waals surface area contributed by atoms with Crippen molar-refractivity contribution in [2.24, 2.45) is 11.7 Å². The highest BCUT2D eigenvalue weighted by atomic mass is 16.6. The topological polar surface area (TPSA) is 190 Å². The molecule has 2 aromatic rings. The Bertz CT molecular complexity index is 994. The number of carbonyl (C=O) groups excluding carboxylic acids is 2. The Labute approximate surface area is 175 Å². The van der Waals surface area contributed by atoms with Gasteiger partial charge in [0.2, 0.25) is 11.9 Å². The number of aliphatic carboxylic acids is 2. The number of carboxylic acids is 2. The number of nitrogens with one attached hydrogen (secondary N) is 1. The van der Waals surface area contributed by atoms with Crippen molar-refractivity contribution in [1.29, 1.82) is 5.41 Å². The molecule has 0 aliphatic rings. The number of nitrogens with two attached hydrogens (primary N) is 1. The van der Waals surface area contributed by atoms with Crippen LogP contribution in [-0.4, -0.2) is 46.0 Å². The van der Waals surface area contributed by atoms with Crippen LogP contribution in [0.4, 0.5) is 0 Å². The van der Waals surface area contributed by atoms with Gasteiger partial charge in [0.1, 0.15) is 17.3 Å². The first-order valence-corrected chi connectivity index (χ1v) is 8.97. The number of amidine groups is 1. The Morgan fingerprint density at radius 3 is 2.29 bits per heavy atom. The number of furan rings is 1. The Kier molecular flexibility index (Phi) is 7.50. The van der Waals surface area contributed by atoms with Gasteiger partial charge >= 0.3 is 23.9 Å². The molecule has 0 amide bonds. The Morgan fingerprint density at radius 1 is 1.10 bits per heavy atom. The highest BCUT2D eigenvalue weighted by Gasteiger charge is 2.28. The lowest BCUT2D eigenvalue weighted by Crippen LogP contribution is -2.32. The molecule has 0 bridgehead atoms. The zero-order valence-electron chi connectivity index (χ0n) is 16.4. The fraction of sp³-hybridized carbons (Fsp3) is 0.250. The zero-order valence-corrected chi connectivity index (χ0v) is 16.4. The number of hydrogen-bond donors (Lipinski definition) is 4. The Morgan fingerprint density at radius 2 is 1.74 bits per heavy atom. The van der Waals surface area contributed by atoms with Crippen LogP contribution in [0.25, 0.3) is 0 Å². The van der Waals surface area contributed by atoms with Crippen LogP contribution in [-0.2, 0) is 25.5 Å². The smallest absolute Gasteiger partial charge is 0.379 e. The second kappa shape index (κ2) is 10.1. The van der Waals surface area contributed by atoms with Gasteiger partial charge in [-0.3, -0.25) is 15.0 Å². The fourth-order valence-electron chi connectivity index (χ4n) is 2.44. The first kappa shape index (κ1) is 23.1. The lowest BCUT2D eigenvalue weighted by molar-refractivity contribution is -0.169. The highest BCUT2D eigenvalue weighted by molar-refractivity contribution is 5.95. The standard InChI is InChI=1S/C20H20N2O9/c1-10(19(27)31-15(18(25)26)9-16(23)24)8-13-6-7-14(29-13)20(28)30-12-4-2-11(3-5-12)17(21)22/h2-7,10,15H,8-9H2,1H3,(H3,21,22)(H,23,24)(H,25,26). The van der Waals surface area contributed by atoms with Crippen LogP contribution >= 0.6 is 0 Å². The van der Waals surface area contributed by atoms with Crippen LogP contribution in [0.2, 0.25) is 0 Å². The number of ether oxygens (including phenoxy) is 2. The summed E-state index contributed by atoms with van der Waals surface area (Å²) in [6, 6.07) is 8.76. The minimum absolute atomic E-state index is 0.0150. The molecule has 2 rings (SSSR count). The van der Waals surface area contributed by atoms with Crippen LogP contribution < -0.4 is 10.5 Å². The Balaban J connectivity index is 1.95. The third-order valence-electron chi connectivity index (χ3n) is 4.04. The molecule has 2 atom stereocenters. The van der Waals surface area contributed by atoms with E-state index in [4.69, 9.17) is 35.2 Å². The van der Waals surface area contributed by atoms with E-state index in [0.29, 0.717) is 5.56 Å². The van der Waals surface area contributed by atoms with E-state index < -0.39 is 42.3 Å². The normalized spacial score (nSPS) is 12.4. The molecular weight excluding hydrogens is 412 g/mol. The molecule has 11 heteroatoms. The monoisotopic (exact) mass is 432 g/mol. The summed E-state index contributed by atoms with van der Waals surface area (Å²) in [6.07, 6.45) is -2.68. The predicted molar refractivity (Wildman–Crippen MR) is 104 cm³/mol. The number of esters is 2. The van der Waals surface area contributed by atoms with E-state index in [0.717, 1.165) is 0 Å². The Hall–Kier alpha value is -4.15. The molecule has 1 heterocycles. The number of nitrogen functional groups attached to an aromatic ring is 1. The summed E-state index contributed by atoms with van der Waals surface area (Å²) >= 11 is 0. The summed E-state index contributed by atoms with van der Waals surface area (Å²) in [4.78, 5) is 45.9. The fourth-order valence-corrected chi connectivity index (χ4v) is 2.44. The summed E-state index contributed by atoms with van der Waals surface area (Å²) in [5.41, 5.74) is 5.82. The van der Waals surface area contributed by atoms with Crippen LogP contribution in [0.15, 0.2) is 40.8 Å². The van der Waals surface area contributed by atoms with E-state index >= 15 is 0 Å². The van der Waals surface area contributed by atoms with Crippen LogP contribution in [0.3, 0.4) is 0 Å². The first-order valence-electron chi connectivity index (χ1n) is 8.97. The molecule has 0 saturated heterocycles. The van der Waals surface area contributed by atoms with E-state index in [2.05, 4.69) is 0 Å². The van der Waals surface area contributed by atoms with E-state index in [9.17, 15) is 19.2 Å². The number of hydrogen-bond acceptors (Lipinski definition) is 8. The van der Waals surface area contributed by atoms with Crippen LogP contribution in [0, 0.1) is 11.3 Å². The van der Waals surface area contributed by atoms with Gasteiger partial charge in [0.25, 0.3) is 0 Å². The van der Waals surface area contributed by atoms with Gasteiger partial charge in [0, 0.05) is 12.0 Å². The molecular formula is C20H20N2O9. The minimum Gasteiger partial charge on any atom is -0.481 e. The SMILES string of the molecule is CC(Cc1ccc(C(=O)Oc2ccc(C(=N)N)cc2)o1)C(=O)OC(CC(=O)O)C(=O)O. The van der Waals surface area contributed by atoms with Gasteiger partial charge < -0.3 is 29.8 Å². The van der Waals surface area contributed by atoms with Gasteiger partial charge in [0.15, 0.2) is 0 Å². The molecule has 0 spiro atoms. The predicted octanol–water partition coefficient (Wildman–Crippen LogP) is 1.43. The van der Waals surface area contributed by atoms with Crippen molar-refractivity contribution in [2.45, 2.75) is 25.9 Å². The maximum absolute atomic E-state index is 12.2. The third kappa shape index (κ3) is 6.70. The average molecular weight is 432 g/mol. The maximum atomic E-state index is 12.2. The molecule has 164 valence electrons. The second-order valence-corrected chi connectivity index (χ2v) is 6.56. The molecule has 11 nitrogen and oxygen atoms in total. The van der Waals surface area contributed by atoms with Gasteiger partial charge in [-0.25, -0.2) is 9.59 Å². The van der Waals surface area contributed by atoms with Crippen molar-refractivity contribution in [3.8, 4) is 5.75 Å². The van der Waals surface area contributed by atoms with E-state index in [1.807, 2.05) is 0 Å². The van der Waals surface area contributed by atoms with Crippen molar-refractivity contribution in [3.05, 3.63) is 53.5 Å². The lowest BCUT2D eigenvalue weighted by Gasteiger charge is -2.15. The van der Waals surface area contributed by atoms with Crippen molar-refractivity contribution < 1.29 is 43.3 Å². The van der Waals surface area contributed by atoms with Gasteiger partial charge in [-0.15, -0.1) is 0 Å². The second-order valence-electron chi connectivity index (χ2n) is 6.56. The van der Waals surface area contributed by atoms with Crippen molar-refractivity contribution >= 4 is 29.7 Å². The summed E-state index contributed by atoms with van der Waals surface area (Å²) in [7, 11) is 0. The largest absolute Gasteiger partial charge is 0.481 e. The molecule has 0 radical (unpaired) electrons. The van der Waals surface area contributed by atoms with E-state index in [-0.39, 0.29) is 29.5 Å². The molecule has 0 saturated carbocycles. The third-order valence-corrected chi connectivity index (χ3v) is 4.04. The number of benzene rings is 1. The van der Waals surface area contributed by atoms with E-state index in [1.54, 1.807) is 0 Å². The zero-order chi connectivity index (χ0) is 23.1. The van der Waals surface area contributed by atoms with Gasteiger partial charge in [-0.1, -0.05) is 6.92 Å². The van der Waals surface area contributed by atoms with Crippen LogP contribution in [0.5, 0.6) is 5.75 Å². The highest BCUT2D eigenvalue weighted by Crippen LogP contribution is 2.18. The lowest BCUT2D eigenvalue weighted by atomic mass is 10.1. The molecule has 1 aromatic heterocycles. The van der Waals surface area contributed by atoms with Gasteiger partial charge in [0.05, 0.1) is 12.3 Å². The minimum atomic E-state index is -1.80. The summed E-state index contributed by atoms with van der Waals surface area (Å²) in [5, 5.41) is 25.0. The summed E-state index contributed by atoms with van der Waals surface area (Å²) in [5.74, 6) is -5.34. The molecule has 1 aromatic carbocycles. The molecule has 0 fully saturated rings. The molecule has 2 unspecified atom stereocenters. The first-order chi connectivity index (χ1) is 14.6. The van der Waals surface area contributed by atoms with E-state index in [1.165, 1.54) is 43.3 Å². The average Bonchev–Trinajstić information content (AvgIpc) is 3.16. The quantitative estimate of drug-likeness (QED) is 0.185. The van der Waals surface area contributed by atoms with Crippen LogP contribution in [0.1, 0.15) is 35.2 Å². The number of carbonyl (C=O) groups is 4. The van der Waals surface area contributed by atoms with Crippen molar-refractivity contribution in [2.75, 3.05) is 0 Å². The number of rotatable bonds is 10. The summed E-state index contributed by atoms with van der Waals surface area (Å²) < 4.78 is 15.3. The number of carboxylic acid groups (broad SMARTS) is 2.